The molecule has 0 amide bonds. The van der Waals surface area contributed by atoms with Crippen molar-refractivity contribution in [2.75, 3.05) is 13.7 Å². The Hall–Kier alpha value is -0.930. The Balaban J connectivity index is 1.96. The molecule has 0 saturated heterocycles. The van der Waals surface area contributed by atoms with Crippen LogP contribution in [0.5, 0.6) is 11.5 Å². The number of benzene rings is 1. The van der Waals surface area contributed by atoms with E-state index in [2.05, 4.69) is 12.2 Å². The first-order valence-electron chi connectivity index (χ1n) is 5.88. The number of ether oxygens (including phenoxy) is 1. The van der Waals surface area contributed by atoms with Gasteiger partial charge < -0.3 is 15.2 Å². The summed E-state index contributed by atoms with van der Waals surface area (Å²) in [5.41, 5.74) is 0.780. The van der Waals surface area contributed by atoms with E-state index in [1.807, 2.05) is 0 Å². The van der Waals surface area contributed by atoms with Crippen LogP contribution in [0.1, 0.15) is 18.9 Å². The molecule has 1 fully saturated rings. The van der Waals surface area contributed by atoms with E-state index in [0.29, 0.717) is 17.3 Å². The number of phenolic OH excluding ortho intramolecular Hbond substituents is 1. The van der Waals surface area contributed by atoms with Crippen molar-refractivity contribution >= 4 is 11.6 Å². The van der Waals surface area contributed by atoms with E-state index < -0.39 is 0 Å². The molecule has 1 aliphatic carbocycles. The standard InChI is InChI=1S/C13H18ClNO2/c1-8-3-9(8)6-15-7-10-4-11(14)5-12(17-2)13(10)16/h4-5,8-9,15-16H,3,6-7H2,1-2H3. The van der Waals surface area contributed by atoms with Crippen LogP contribution >= 0.6 is 11.6 Å². The minimum absolute atomic E-state index is 0.174. The van der Waals surface area contributed by atoms with E-state index >= 15 is 0 Å². The average molecular weight is 256 g/mol. The largest absolute Gasteiger partial charge is 0.504 e. The Kier molecular flexibility index (Phi) is 3.79. The van der Waals surface area contributed by atoms with Crippen molar-refractivity contribution in [3.8, 4) is 11.5 Å². The SMILES string of the molecule is COc1cc(Cl)cc(CNCC2CC2C)c1O. The lowest BCUT2D eigenvalue weighted by Gasteiger charge is -2.10. The molecule has 2 atom stereocenters. The zero-order valence-corrected chi connectivity index (χ0v) is 10.9. The number of halogens is 1. The number of nitrogens with one attached hydrogen (secondary N) is 1. The van der Waals surface area contributed by atoms with Gasteiger partial charge in [0, 0.05) is 23.2 Å². The van der Waals surface area contributed by atoms with Crippen molar-refractivity contribution in [3.05, 3.63) is 22.7 Å². The van der Waals surface area contributed by atoms with Gasteiger partial charge in [0.05, 0.1) is 7.11 Å². The molecule has 4 heteroatoms. The van der Waals surface area contributed by atoms with Crippen LogP contribution < -0.4 is 10.1 Å². The van der Waals surface area contributed by atoms with Crippen molar-refractivity contribution in [1.29, 1.82) is 0 Å². The number of aromatic hydroxyl groups is 1. The average Bonchev–Trinajstić information content (AvgIpc) is 2.99. The zero-order chi connectivity index (χ0) is 12.4. The van der Waals surface area contributed by atoms with Gasteiger partial charge in [-0.15, -0.1) is 0 Å². The van der Waals surface area contributed by atoms with Gasteiger partial charge in [-0.1, -0.05) is 18.5 Å². The molecule has 2 N–H and O–H groups in total. The van der Waals surface area contributed by atoms with Crippen LogP contribution in [-0.4, -0.2) is 18.8 Å². The molecule has 1 saturated carbocycles. The minimum atomic E-state index is 0.174. The smallest absolute Gasteiger partial charge is 0.162 e. The summed E-state index contributed by atoms with van der Waals surface area (Å²) in [6, 6.07) is 3.38. The predicted octanol–water partition coefficient (Wildman–Crippen LogP) is 2.80. The van der Waals surface area contributed by atoms with Crippen LogP contribution in [0.3, 0.4) is 0 Å². The molecule has 2 unspecified atom stereocenters. The van der Waals surface area contributed by atoms with Crippen LogP contribution in [-0.2, 0) is 6.54 Å². The van der Waals surface area contributed by atoms with Gasteiger partial charge in [-0.25, -0.2) is 0 Å². The summed E-state index contributed by atoms with van der Waals surface area (Å²) in [7, 11) is 1.52. The molecule has 3 nitrogen and oxygen atoms in total. The third-order valence-corrected chi connectivity index (χ3v) is 3.55. The lowest BCUT2D eigenvalue weighted by atomic mass is 10.2. The summed E-state index contributed by atoms with van der Waals surface area (Å²) >= 11 is 5.96. The second-order valence-electron chi connectivity index (χ2n) is 4.72. The number of methoxy groups -OCH3 is 1. The van der Waals surface area contributed by atoms with Crippen LogP contribution in [0.15, 0.2) is 12.1 Å². The van der Waals surface area contributed by atoms with Crippen LogP contribution in [0.4, 0.5) is 0 Å². The van der Waals surface area contributed by atoms with E-state index in [1.165, 1.54) is 13.5 Å². The highest BCUT2D eigenvalue weighted by Crippen LogP contribution is 2.37. The van der Waals surface area contributed by atoms with Gasteiger partial charge in [-0.3, -0.25) is 0 Å². The number of hydrogen-bond donors (Lipinski definition) is 2. The van der Waals surface area contributed by atoms with E-state index in [4.69, 9.17) is 16.3 Å². The van der Waals surface area contributed by atoms with E-state index in [0.717, 1.165) is 23.9 Å². The molecule has 17 heavy (non-hydrogen) atoms. The fourth-order valence-corrected chi connectivity index (χ4v) is 2.23. The van der Waals surface area contributed by atoms with Gasteiger partial charge in [0.2, 0.25) is 0 Å². The summed E-state index contributed by atoms with van der Waals surface area (Å²) in [5, 5.41) is 13.8. The molecular weight excluding hydrogens is 238 g/mol. The van der Waals surface area contributed by atoms with Crippen LogP contribution in [0.2, 0.25) is 5.02 Å². The summed E-state index contributed by atoms with van der Waals surface area (Å²) in [5.74, 6) is 2.23. The quantitative estimate of drug-likeness (QED) is 0.850. The fraction of sp³-hybridized carbons (Fsp3) is 0.538. The number of hydrogen-bond acceptors (Lipinski definition) is 3. The fourth-order valence-electron chi connectivity index (χ4n) is 1.99. The molecular formula is C13H18ClNO2. The Labute approximate surface area is 107 Å². The molecule has 1 aromatic rings. The first kappa shape index (κ1) is 12.5. The van der Waals surface area contributed by atoms with E-state index in [9.17, 15) is 5.11 Å². The molecule has 94 valence electrons. The second kappa shape index (κ2) is 5.15. The number of rotatable bonds is 5. The third kappa shape index (κ3) is 3.05. The van der Waals surface area contributed by atoms with Gasteiger partial charge in [0.25, 0.3) is 0 Å². The van der Waals surface area contributed by atoms with Crippen molar-refractivity contribution < 1.29 is 9.84 Å². The van der Waals surface area contributed by atoms with Crippen molar-refractivity contribution in [1.82, 2.24) is 5.32 Å². The zero-order valence-electron chi connectivity index (χ0n) is 10.2. The second-order valence-corrected chi connectivity index (χ2v) is 5.16. The summed E-state index contributed by atoms with van der Waals surface area (Å²) < 4.78 is 5.06. The minimum Gasteiger partial charge on any atom is -0.504 e. The topological polar surface area (TPSA) is 41.5 Å². The molecule has 0 aromatic heterocycles. The molecule has 1 aliphatic rings. The highest BCUT2D eigenvalue weighted by molar-refractivity contribution is 6.30. The van der Waals surface area contributed by atoms with Gasteiger partial charge in [0.15, 0.2) is 11.5 Å². The summed E-state index contributed by atoms with van der Waals surface area (Å²) in [4.78, 5) is 0. The normalized spacial score (nSPS) is 22.5. The van der Waals surface area contributed by atoms with Gasteiger partial charge in [-0.05, 0) is 30.9 Å². The maximum atomic E-state index is 9.92. The molecule has 0 radical (unpaired) electrons. The lowest BCUT2D eigenvalue weighted by Crippen LogP contribution is -2.17. The summed E-state index contributed by atoms with van der Waals surface area (Å²) in [6.45, 7) is 3.87. The Bertz CT molecular complexity index is 409. The molecule has 0 bridgehead atoms. The maximum Gasteiger partial charge on any atom is 0.162 e. The van der Waals surface area contributed by atoms with Crippen LogP contribution in [0, 0.1) is 11.8 Å². The van der Waals surface area contributed by atoms with Gasteiger partial charge >= 0.3 is 0 Å². The molecule has 0 spiro atoms. The highest BCUT2D eigenvalue weighted by atomic mass is 35.5. The van der Waals surface area contributed by atoms with Crippen molar-refractivity contribution in [2.45, 2.75) is 19.9 Å². The Morgan fingerprint density at radius 3 is 2.82 bits per heavy atom. The van der Waals surface area contributed by atoms with E-state index in [1.54, 1.807) is 12.1 Å². The maximum absolute atomic E-state index is 9.92. The number of phenols is 1. The first-order valence-corrected chi connectivity index (χ1v) is 6.25. The van der Waals surface area contributed by atoms with Crippen molar-refractivity contribution in [2.24, 2.45) is 11.8 Å². The highest BCUT2D eigenvalue weighted by Gasteiger charge is 2.31. The monoisotopic (exact) mass is 255 g/mol. The molecule has 2 rings (SSSR count). The van der Waals surface area contributed by atoms with Crippen molar-refractivity contribution in [3.63, 3.8) is 0 Å². The van der Waals surface area contributed by atoms with Gasteiger partial charge in [0.1, 0.15) is 0 Å². The molecule has 0 aliphatic heterocycles. The third-order valence-electron chi connectivity index (χ3n) is 3.34. The Morgan fingerprint density at radius 2 is 2.24 bits per heavy atom. The molecule has 1 aromatic carbocycles. The summed E-state index contributed by atoms with van der Waals surface area (Å²) in [6.07, 6.45) is 1.30. The Morgan fingerprint density at radius 1 is 1.53 bits per heavy atom. The molecule has 0 heterocycles. The van der Waals surface area contributed by atoms with E-state index in [-0.39, 0.29) is 5.75 Å². The van der Waals surface area contributed by atoms with Gasteiger partial charge in [-0.2, -0.15) is 0 Å². The van der Waals surface area contributed by atoms with Crippen LogP contribution in [0.25, 0.3) is 0 Å². The first-order chi connectivity index (χ1) is 8.11. The lowest BCUT2D eigenvalue weighted by molar-refractivity contribution is 0.369. The predicted molar refractivity (Wildman–Crippen MR) is 68.6 cm³/mol.